The van der Waals surface area contributed by atoms with Crippen LogP contribution >= 0.6 is 0 Å². The van der Waals surface area contributed by atoms with E-state index in [1.165, 1.54) is 19.3 Å². The second-order valence-corrected chi connectivity index (χ2v) is 16.5. The van der Waals surface area contributed by atoms with Gasteiger partial charge < -0.3 is 9.47 Å². The number of hydrogen-bond acceptors (Lipinski definition) is 6. The fourth-order valence-corrected chi connectivity index (χ4v) is 7.93. The molecule has 0 amide bonds. The number of ether oxygens (including phenoxy) is 2. The van der Waals surface area contributed by atoms with Gasteiger partial charge in [0.25, 0.3) is 0 Å². The van der Waals surface area contributed by atoms with Gasteiger partial charge in [-0.05, 0) is 87.9 Å². The van der Waals surface area contributed by atoms with Gasteiger partial charge in [-0.2, -0.15) is 0 Å². The first-order chi connectivity index (χ1) is 20.4. The van der Waals surface area contributed by atoms with Gasteiger partial charge >= 0.3 is 11.9 Å². The summed E-state index contributed by atoms with van der Waals surface area (Å²) in [6.45, 7) is 19.9. The van der Waals surface area contributed by atoms with Crippen LogP contribution in [0.2, 0.25) is 0 Å². The first-order valence-corrected chi connectivity index (χ1v) is 17.3. The molecule has 0 atom stereocenters. The van der Waals surface area contributed by atoms with E-state index in [1.807, 2.05) is 30.3 Å². The summed E-state index contributed by atoms with van der Waals surface area (Å²) >= 11 is 0. The molecule has 0 bridgehead atoms. The summed E-state index contributed by atoms with van der Waals surface area (Å²) in [5, 5.41) is 0. The maximum absolute atomic E-state index is 14.7. The van der Waals surface area contributed by atoms with Crippen molar-refractivity contribution in [1.82, 2.24) is 9.80 Å². The standard InChI is InChI=1S/C38H64N2O4/c1-12-13-14-15-16-20-23-38(24-29-21-18-17-19-22-29,32(41)43-30-25-34(2,3)39(10)35(4,5)26-30)33(42)44-31-27-36(6,7)40(11)37(8,9)28-31/h17-19,21-22,30-31H,12-16,20,23-28H2,1-11H3. The third-order valence-corrected chi connectivity index (χ3v) is 11.2. The third-order valence-electron chi connectivity index (χ3n) is 11.2. The predicted octanol–water partition coefficient (Wildman–Crippen LogP) is 8.36. The molecule has 0 N–H and O–H groups in total. The van der Waals surface area contributed by atoms with Crippen LogP contribution in [0.25, 0.3) is 0 Å². The van der Waals surface area contributed by atoms with Gasteiger partial charge in [0.05, 0.1) is 0 Å². The van der Waals surface area contributed by atoms with Crippen molar-refractivity contribution in [2.75, 3.05) is 14.1 Å². The molecule has 0 unspecified atom stereocenters. The van der Waals surface area contributed by atoms with Gasteiger partial charge in [0, 0.05) is 47.8 Å². The number of carbonyl (C=O) groups excluding carboxylic acids is 2. The Hall–Kier alpha value is -1.92. The molecular weight excluding hydrogens is 548 g/mol. The molecule has 2 fully saturated rings. The fourth-order valence-electron chi connectivity index (χ4n) is 7.93. The van der Waals surface area contributed by atoms with Crippen LogP contribution in [0.15, 0.2) is 30.3 Å². The Bertz CT molecular complexity index is 1000. The second kappa shape index (κ2) is 14.2. The van der Waals surface area contributed by atoms with Crippen molar-refractivity contribution >= 4 is 11.9 Å². The molecule has 3 rings (SSSR count). The minimum Gasteiger partial charge on any atom is -0.461 e. The maximum Gasteiger partial charge on any atom is 0.324 e. The van der Waals surface area contributed by atoms with Gasteiger partial charge in [-0.1, -0.05) is 75.8 Å². The zero-order valence-corrected chi connectivity index (χ0v) is 30.1. The molecule has 1 aromatic rings. The van der Waals surface area contributed by atoms with Crippen LogP contribution in [0.4, 0.5) is 0 Å². The molecule has 0 saturated carbocycles. The van der Waals surface area contributed by atoms with E-state index in [-0.39, 0.29) is 34.4 Å². The largest absolute Gasteiger partial charge is 0.461 e. The summed E-state index contributed by atoms with van der Waals surface area (Å²) < 4.78 is 13.0. The van der Waals surface area contributed by atoms with Crippen molar-refractivity contribution in [3.63, 3.8) is 0 Å². The first-order valence-electron chi connectivity index (χ1n) is 17.3. The van der Waals surface area contributed by atoms with Gasteiger partial charge in [-0.3, -0.25) is 19.4 Å². The Kier molecular flexibility index (Phi) is 11.8. The van der Waals surface area contributed by atoms with E-state index in [4.69, 9.17) is 9.47 Å². The lowest BCUT2D eigenvalue weighted by Gasteiger charge is -2.53. The predicted molar refractivity (Wildman–Crippen MR) is 181 cm³/mol. The highest BCUT2D eigenvalue weighted by Crippen LogP contribution is 2.43. The van der Waals surface area contributed by atoms with Gasteiger partial charge in [-0.25, -0.2) is 0 Å². The van der Waals surface area contributed by atoms with E-state index in [0.29, 0.717) is 12.8 Å². The molecule has 250 valence electrons. The van der Waals surface area contributed by atoms with E-state index in [0.717, 1.165) is 50.5 Å². The number of piperidine rings is 2. The van der Waals surface area contributed by atoms with Gasteiger partial charge in [0.1, 0.15) is 12.2 Å². The monoisotopic (exact) mass is 612 g/mol. The number of unbranched alkanes of at least 4 members (excludes halogenated alkanes) is 5. The van der Waals surface area contributed by atoms with Crippen molar-refractivity contribution in [1.29, 1.82) is 0 Å². The SMILES string of the molecule is CCCCCCCCC(Cc1ccccc1)(C(=O)OC1CC(C)(C)N(C)C(C)(C)C1)C(=O)OC1CC(C)(C)N(C)C(C)(C)C1. The average Bonchev–Trinajstić information content (AvgIpc) is 2.91. The fraction of sp³-hybridized carbons (Fsp3) is 0.789. The first kappa shape index (κ1) is 36.5. The van der Waals surface area contributed by atoms with Crippen LogP contribution in [0.5, 0.6) is 0 Å². The second-order valence-electron chi connectivity index (χ2n) is 16.5. The highest BCUT2D eigenvalue weighted by atomic mass is 16.6. The lowest BCUT2D eigenvalue weighted by molar-refractivity contribution is -0.188. The summed E-state index contributed by atoms with van der Waals surface area (Å²) in [6.07, 6.45) is 9.55. The van der Waals surface area contributed by atoms with Crippen LogP contribution in [0, 0.1) is 5.41 Å². The molecule has 0 aromatic heterocycles. The molecule has 2 aliphatic rings. The number of benzene rings is 1. The van der Waals surface area contributed by atoms with Crippen LogP contribution in [-0.4, -0.2) is 70.2 Å². The summed E-state index contributed by atoms with van der Waals surface area (Å²) in [4.78, 5) is 34.1. The minimum absolute atomic E-state index is 0.139. The summed E-state index contributed by atoms with van der Waals surface area (Å²) in [5.74, 6) is -0.819. The Morgan fingerprint density at radius 3 is 1.48 bits per heavy atom. The zero-order valence-electron chi connectivity index (χ0n) is 30.1. The van der Waals surface area contributed by atoms with Crippen LogP contribution in [-0.2, 0) is 25.5 Å². The maximum atomic E-state index is 14.7. The number of likely N-dealkylation sites (tertiary alicyclic amines) is 2. The smallest absolute Gasteiger partial charge is 0.324 e. The minimum atomic E-state index is -1.39. The number of nitrogens with zero attached hydrogens (tertiary/aromatic N) is 2. The number of carbonyl (C=O) groups is 2. The lowest BCUT2D eigenvalue weighted by Crippen LogP contribution is -2.61. The molecule has 0 radical (unpaired) electrons. The molecule has 2 aliphatic heterocycles. The number of esters is 2. The Balaban J connectivity index is 1.97. The van der Waals surface area contributed by atoms with E-state index >= 15 is 0 Å². The van der Waals surface area contributed by atoms with Crippen molar-refractivity contribution < 1.29 is 19.1 Å². The Morgan fingerprint density at radius 2 is 1.07 bits per heavy atom. The van der Waals surface area contributed by atoms with Gasteiger partial charge in [0.15, 0.2) is 5.41 Å². The summed E-state index contributed by atoms with van der Waals surface area (Å²) in [6, 6.07) is 9.96. The molecule has 2 saturated heterocycles. The molecule has 2 heterocycles. The van der Waals surface area contributed by atoms with Crippen molar-refractivity contribution in [3.05, 3.63) is 35.9 Å². The third kappa shape index (κ3) is 8.66. The molecule has 6 nitrogen and oxygen atoms in total. The van der Waals surface area contributed by atoms with Crippen molar-refractivity contribution in [2.45, 2.75) is 174 Å². The molecule has 6 heteroatoms. The highest BCUT2D eigenvalue weighted by Gasteiger charge is 2.53. The molecule has 0 aliphatic carbocycles. The summed E-state index contributed by atoms with van der Waals surface area (Å²) in [7, 11) is 4.30. The number of hydrogen-bond donors (Lipinski definition) is 0. The highest BCUT2D eigenvalue weighted by molar-refractivity contribution is 6.00. The quantitative estimate of drug-likeness (QED) is 0.127. The Morgan fingerprint density at radius 1 is 0.682 bits per heavy atom. The van der Waals surface area contributed by atoms with E-state index in [9.17, 15) is 9.59 Å². The van der Waals surface area contributed by atoms with E-state index in [2.05, 4.69) is 86.2 Å². The van der Waals surface area contributed by atoms with Crippen LogP contribution in [0.3, 0.4) is 0 Å². The average molecular weight is 613 g/mol. The molecular formula is C38H64N2O4. The Labute approximate surface area is 269 Å². The summed E-state index contributed by atoms with van der Waals surface area (Å²) in [5.41, 5.74) is -0.985. The van der Waals surface area contributed by atoms with Gasteiger partial charge in [0.2, 0.25) is 0 Å². The van der Waals surface area contributed by atoms with E-state index < -0.39 is 17.4 Å². The molecule has 0 spiro atoms. The van der Waals surface area contributed by atoms with E-state index in [1.54, 1.807) is 0 Å². The van der Waals surface area contributed by atoms with Crippen LogP contribution in [0.1, 0.15) is 139 Å². The number of rotatable bonds is 13. The zero-order chi connectivity index (χ0) is 33.0. The van der Waals surface area contributed by atoms with Crippen molar-refractivity contribution in [3.8, 4) is 0 Å². The lowest BCUT2D eigenvalue weighted by atomic mass is 9.75. The normalized spacial score (nSPS) is 22.4. The van der Waals surface area contributed by atoms with Crippen LogP contribution < -0.4 is 0 Å². The topological polar surface area (TPSA) is 59.1 Å². The van der Waals surface area contributed by atoms with Gasteiger partial charge in [-0.15, -0.1) is 0 Å². The van der Waals surface area contributed by atoms with Crippen molar-refractivity contribution in [2.24, 2.45) is 5.41 Å². The molecule has 1 aromatic carbocycles. The molecule has 44 heavy (non-hydrogen) atoms.